The van der Waals surface area contributed by atoms with Gasteiger partial charge in [-0.2, -0.15) is 0 Å². The molecule has 1 aliphatic rings. The van der Waals surface area contributed by atoms with Crippen LogP contribution in [0.5, 0.6) is 0 Å². The molecule has 0 amide bonds. The molecule has 0 radical (unpaired) electrons. The van der Waals surface area contributed by atoms with E-state index in [2.05, 4.69) is 36.1 Å². The number of aliphatic carboxylic acids is 1. The number of likely N-dealkylation sites (N-methyl/N-ethyl adjacent to an activating group) is 1. The maximum atomic E-state index is 10.8. The molecule has 0 aromatic heterocycles. The molecule has 1 fully saturated rings. The van der Waals surface area contributed by atoms with Crippen LogP contribution < -0.4 is 0 Å². The molecule has 2 rings (SSSR count). The molecule has 0 spiro atoms. The Kier molecular flexibility index (Phi) is 5.15. The largest absolute Gasteiger partial charge is 0.480 e. The van der Waals surface area contributed by atoms with Crippen molar-refractivity contribution in [2.45, 2.75) is 38.4 Å². The van der Waals surface area contributed by atoms with Gasteiger partial charge in [0.15, 0.2) is 0 Å². The average molecular weight is 276 g/mol. The van der Waals surface area contributed by atoms with Crippen molar-refractivity contribution < 1.29 is 9.90 Å². The molecule has 1 aliphatic heterocycles. The summed E-state index contributed by atoms with van der Waals surface area (Å²) >= 11 is 0. The Morgan fingerprint density at radius 3 is 2.70 bits per heavy atom. The van der Waals surface area contributed by atoms with Crippen molar-refractivity contribution in [2.75, 3.05) is 20.1 Å². The average Bonchev–Trinajstić information content (AvgIpc) is 2.41. The minimum absolute atomic E-state index is 0.135. The Morgan fingerprint density at radius 1 is 1.40 bits per heavy atom. The van der Waals surface area contributed by atoms with Crippen molar-refractivity contribution >= 4 is 5.97 Å². The van der Waals surface area contributed by atoms with Gasteiger partial charge in [-0.05, 0) is 32.4 Å². The first-order chi connectivity index (χ1) is 9.56. The van der Waals surface area contributed by atoms with E-state index in [1.807, 2.05) is 18.0 Å². The smallest absolute Gasteiger partial charge is 0.317 e. The first-order valence-electron chi connectivity index (χ1n) is 7.26. The van der Waals surface area contributed by atoms with Crippen LogP contribution >= 0.6 is 0 Å². The second kappa shape index (κ2) is 6.86. The molecule has 0 unspecified atom stereocenters. The summed E-state index contributed by atoms with van der Waals surface area (Å²) in [5.74, 6) is -0.744. The number of rotatable bonds is 5. The lowest BCUT2D eigenvalue weighted by atomic mass is 9.96. The quantitative estimate of drug-likeness (QED) is 0.894. The molecule has 2 atom stereocenters. The van der Waals surface area contributed by atoms with E-state index in [-0.39, 0.29) is 6.54 Å². The van der Waals surface area contributed by atoms with Gasteiger partial charge in [0.25, 0.3) is 0 Å². The van der Waals surface area contributed by atoms with Gasteiger partial charge in [0.2, 0.25) is 0 Å². The fourth-order valence-electron chi connectivity index (χ4n) is 2.99. The predicted octanol–water partition coefficient (Wildman–Crippen LogP) is 2.06. The predicted molar refractivity (Wildman–Crippen MR) is 79.6 cm³/mol. The van der Waals surface area contributed by atoms with Gasteiger partial charge >= 0.3 is 5.97 Å². The first-order valence-corrected chi connectivity index (χ1v) is 7.26. The van der Waals surface area contributed by atoms with Crippen LogP contribution in [0.2, 0.25) is 0 Å². The number of benzene rings is 1. The molecule has 0 aliphatic carbocycles. The van der Waals surface area contributed by atoms with Crippen LogP contribution in [0.4, 0.5) is 0 Å². The highest BCUT2D eigenvalue weighted by Crippen LogP contribution is 2.22. The van der Waals surface area contributed by atoms with Crippen molar-refractivity contribution in [3.63, 3.8) is 0 Å². The van der Waals surface area contributed by atoms with Crippen LogP contribution in [0.1, 0.15) is 25.3 Å². The number of hydrogen-bond donors (Lipinski definition) is 1. The summed E-state index contributed by atoms with van der Waals surface area (Å²) in [6.45, 7) is 4.39. The summed E-state index contributed by atoms with van der Waals surface area (Å²) in [5, 5.41) is 8.88. The van der Waals surface area contributed by atoms with Crippen LogP contribution in [0.25, 0.3) is 0 Å². The normalized spacial score (nSPS) is 23.9. The van der Waals surface area contributed by atoms with Gasteiger partial charge in [-0.3, -0.25) is 14.6 Å². The van der Waals surface area contributed by atoms with E-state index >= 15 is 0 Å². The number of piperidine rings is 1. The van der Waals surface area contributed by atoms with Gasteiger partial charge in [-0.1, -0.05) is 30.3 Å². The number of carboxylic acids is 1. The summed E-state index contributed by atoms with van der Waals surface area (Å²) in [5.41, 5.74) is 1.34. The maximum Gasteiger partial charge on any atom is 0.317 e. The molecule has 1 aromatic carbocycles. The van der Waals surface area contributed by atoms with Crippen molar-refractivity contribution in [2.24, 2.45) is 0 Å². The Morgan fingerprint density at radius 2 is 2.10 bits per heavy atom. The molecule has 1 saturated heterocycles. The zero-order valence-electron chi connectivity index (χ0n) is 12.3. The maximum absolute atomic E-state index is 10.8. The molecule has 1 N–H and O–H groups in total. The summed E-state index contributed by atoms with van der Waals surface area (Å²) in [7, 11) is 1.92. The lowest BCUT2D eigenvalue weighted by Gasteiger charge is -2.40. The topological polar surface area (TPSA) is 43.8 Å². The SMILES string of the molecule is C[C@H]1C[C@@H](N(C)CC(=O)O)CCN1Cc1ccccc1. The van der Waals surface area contributed by atoms with E-state index < -0.39 is 5.97 Å². The minimum Gasteiger partial charge on any atom is -0.480 e. The molecule has 1 heterocycles. The molecule has 1 aromatic rings. The van der Waals surface area contributed by atoms with E-state index in [4.69, 9.17) is 5.11 Å². The van der Waals surface area contributed by atoms with E-state index in [0.29, 0.717) is 12.1 Å². The first kappa shape index (κ1) is 15.0. The molecular weight excluding hydrogens is 252 g/mol. The molecule has 0 bridgehead atoms. The Hall–Kier alpha value is -1.39. The minimum atomic E-state index is -0.744. The lowest BCUT2D eigenvalue weighted by molar-refractivity contribution is -0.138. The third-order valence-electron chi connectivity index (χ3n) is 4.22. The van der Waals surface area contributed by atoms with Gasteiger partial charge in [0.05, 0.1) is 6.54 Å². The Balaban J connectivity index is 1.87. The van der Waals surface area contributed by atoms with Crippen molar-refractivity contribution in [1.29, 1.82) is 0 Å². The van der Waals surface area contributed by atoms with Crippen LogP contribution in [0.3, 0.4) is 0 Å². The molecule has 20 heavy (non-hydrogen) atoms. The Labute approximate surface area is 121 Å². The Bertz CT molecular complexity index is 435. The summed E-state index contributed by atoms with van der Waals surface area (Å²) in [6.07, 6.45) is 2.08. The molecular formula is C16H24N2O2. The van der Waals surface area contributed by atoms with Gasteiger partial charge < -0.3 is 5.11 Å². The molecule has 110 valence electrons. The standard InChI is InChI=1S/C16H24N2O2/c1-13-10-15(17(2)12-16(19)20)8-9-18(13)11-14-6-4-3-5-7-14/h3-7,13,15H,8-12H2,1-2H3,(H,19,20)/t13-,15-/m0/s1. The zero-order valence-corrected chi connectivity index (χ0v) is 12.3. The molecule has 0 saturated carbocycles. The third-order valence-corrected chi connectivity index (χ3v) is 4.22. The second-order valence-electron chi connectivity index (χ2n) is 5.79. The van der Waals surface area contributed by atoms with E-state index in [1.165, 1.54) is 5.56 Å². The number of nitrogens with zero attached hydrogens (tertiary/aromatic N) is 2. The van der Waals surface area contributed by atoms with Gasteiger partial charge in [-0.25, -0.2) is 0 Å². The fraction of sp³-hybridized carbons (Fsp3) is 0.562. The molecule has 4 heteroatoms. The highest BCUT2D eigenvalue weighted by atomic mass is 16.4. The fourth-order valence-corrected chi connectivity index (χ4v) is 2.99. The summed E-state index contributed by atoms with van der Waals surface area (Å²) in [4.78, 5) is 15.2. The van der Waals surface area contributed by atoms with Crippen LogP contribution in [0, 0.1) is 0 Å². The highest BCUT2D eigenvalue weighted by Gasteiger charge is 2.28. The monoisotopic (exact) mass is 276 g/mol. The summed E-state index contributed by atoms with van der Waals surface area (Å²) < 4.78 is 0. The number of hydrogen-bond acceptors (Lipinski definition) is 3. The van der Waals surface area contributed by atoms with Gasteiger partial charge in [0, 0.05) is 25.2 Å². The third kappa shape index (κ3) is 4.05. The van der Waals surface area contributed by atoms with Gasteiger partial charge in [-0.15, -0.1) is 0 Å². The van der Waals surface area contributed by atoms with Crippen LogP contribution in [-0.2, 0) is 11.3 Å². The lowest BCUT2D eigenvalue weighted by Crippen LogP contribution is -2.48. The highest BCUT2D eigenvalue weighted by molar-refractivity contribution is 5.69. The zero-order chi connectivity index (χ0) is 14.5. The van der Waals surface area contributed by atoms with Gasteiger partial charge in [0.1, 0.15) is 0 Å². The number of carboxylic acid groups (broad SMARTS) is 1. The van der Waals surface area contributed by atoms with Crippen molar-refractivity contribution in [1.82, 2.24) is 9.80 Å². The number of carbonyl (C=O) groups is 1. The van der Waals surface area contributed by atoms with E-state index in [1.54, 1.807) is 0 Å². The number of likely N-dealkylation sites (tertiary alicyclic amines) is 1. The van der Waals surface area contributed by atoms with E-state index in [0.717, 1.165) is 25.9 Å². The van der Waals surface area contributed by atoms with E-state index in [9.17, 15) is 4.79 Å². The summed E-state index contributed by atoms with van der Waals surface area (Å²) in [6, 6.07) is 11.4. The van der Waals surface area contributed by atoms with Crippen molar-refractivity contribution in [3.05, 3.63) is 35.9 Å². The second-order valence-corrected chi connectivity index (χ2v) is 5.79. The van der Waals surface area contributed by atoms with Crippen LogP contribution in [-0.4, -0.2) is 53.1 Å². The van der Waals surface area contributed by atoms with Crippen molar-refractivity contribution in [3.8, 4) is 0 Å². The van der Waals surface area contributed by atoms with Crippen LogP contribution in [0.15, 0.2) is 30.3 Å². The molecule has 4 nitrogen and oxygen atoms in total.